The normalized spacial score (nSPS) is 19.3. The number of likely N-dealkylation sites (tertiary alicyclic amines) is 1. The number of nitrogens with two attached hydrogens (primary N) is 1. The van der Waals surface area contributed by atoms with E-state index in [1.54, 1.807) is 17.4 Å². The molecule has 1 aliphatic rings. The predicted octanol–water partition coefficient (Wildman–Crippen LogP) is 1.53. The molecule has 0 aromatic carbocycles. The Balaban J connectivity index is 1.94. The summed E-state index contributed by atoms with van der Waals surface area (Å²) in [6.45, 7) is 6.81. The lowest BCUT2D eigenvalue weighted by Gasteiger charge is -2.40. The minimum atomic E-state index is -0.460. The van der Waals surface area contributed by atoms with Crippen LogP contribution in [0.2, 0.25) is 0 Å². The Morgan fingerprint density at radius 3 is 2.47 bits per heavy atom. The molecule has 0 saturated carbocycles. The average molecular weight is 266 g/mol. The number of amides is 1. The van der Waals surface area contributed by atoms with Crippen molar-refractivity contribution in [1.29, 1.82) is 0 Å². The van der Waals surface area contributed by atoms with Gasteiger partial charge in [0.05, 0.1) is 12.0 Å². The maximum atomic E-state index is 12.0. The standard InChI is InChI=1S/C13H22N4O2/c1-12(2,3)19-11(18)16-7-4-13(14,5-8-16)17-9-6-15-10-17/h6,9-10H,4-5,7-8,14H2,1-3H3. The largest absolute Gasteiger partial charge is 0.444 e. The van der Waals surface area contributed by atoms with Crippen molar-refractivity contribution < 1.29 is 9.53 Å². The Morgan fingerprint density at radius 2 is 2.00 bits per heavy atom. The topological polar surface area (TPSA) is 73.4 Å². The molecule has 0 aliphatic carbocycles. The van der Waals surface area contributed by atoms with Crippen LogP contribution in [-0.4, -0.2) is 39.2 Å². The van der Waals surface area contributed by atoms with E-state index in [0.717, 1.165) is 0 Å². The zero-order chi connectivity index (χ0) is 14.1. The third kappa shape index (κ3) is 3.26. The fraction of sp³-hybridized carbons (Fsp3) is 0.692. The van der Waals surface area contributed by atoms with Crippen LogP contribution in [0.5, 0.6) is 0 Å². The van der Waals surface area contributed by atoms with Crippen molar-refractivity contribution in [3.8, 4) is 0 Å². The van der Waals surface area contributed by atoms with Gasteiger partial charge in [-0.15, -0.1) is 0 Å². The highest BCUT2D eigenvalue weighted by molar-refractivity contribution is 5.68. The maximum absolute atomic E-state index is 12.0. The summed E-state index contributed by atoms with van der Waals surface area (Å²) in [7, 11) is 0. The van der Waals surface area contributed by atoms with Gasteiger partial charge in [0.1, 0.15) is 5.60 Å². The van der Waals surface area contributed by atoms with E-state index in [9.17, 15) is 4.79 Å². The molecule has 2 heterocycles. The number of hydrogen-bond acceptors (Lipinski definition) is 4. The second-order valence-corrected chi connectivity index (χ2v) is 6.04. The molecule has 0 unspecified atom stereocenters. The van der Waals surface area contributed by atoms with Gasteiger partial charge in [-0.25, -0.2) is 9.78 Å². The molecule has 2 N–H and O–H groups in total. The summed E-state index contributed by atoms with van der Waals surface area (Å²) in [5.74, 6) is 0. The van der Waals surface area contributed by atoms with Crippen LogP contribution in [-0.2, 0) is 10.4 Å². The van der Waals surface area contributed by atoms with E-state index < -0.39 is 11.3 Å². The summed E-state index contributed by atoms with van der Waals surface area (Å²) in [6, 6.07) is 0. The van der Waals surface area contributed by atoms with Gasteiger partial charge >= 0.3 is 6.09 Å². The minimum Gasteiger partial charge on any atom is -0.444 e. The quantitative estimate of drug-likeness (QED) is 0.836. The van der Waals surface area contributed by atoms with Crippen LogP contribution in [0.25, 0.3) is 0 Å². The summed E-state index contributed by atoms with van der Waals surface area (Å²) in [6.07, 6.45) is 6.44. The fourth-order valence-corrected chi connectivity index (χ4v) is 2.18. The van der Waals surface area contributed by atoms with Crippen molar-refractivity contribution in [2.24, 2.45) is 5.73 Å². The van der Waals surface area contributed by atoms with Crippen molar-refractivity contribution in [1.82, 2.24) is 14.5 Å². The van der Waals surface area contributed by atoms with Crippen LogP contribution in [0.3, 0.4) is 0 Å². The highest BCUT2D eigenvalue weighted by Crippen LogP contribution is 2.25. The molecule has 106 valence electrons. The lowest BCUT2D eigenvalue weighted by Crippen LogP contribution is -2.53. The summed E-state index contributed by atoms with van der Waals surface area (Å²) in [4.78, 5) is 17.7. The Hall–Kier alpha value is -1.56. The molecule has 0 atom stereocenters. The molecule has 0 spiro atoms. The van der Waals surface area contributed by atoms with E-state index >= 15 is 0 Å². The monoisotopic (exact) mass is 266 g/mol. The van der Waals surface area contributed by atoms with E-state index in [2.05, 4.69) is 4.98 Å². The minimum absolute atomic E-state index is 0.264. The van der Waals surface area contributed by atoms with Gasteiger partial charge in [-0.05, 0) is 20.8 Å². The van der Waals surface area contributed by atoms with Gasteiger partial charge in [-0.3, -0.25) is 0 Å². The van der Waals surface area contributed by atoms with E-state index in [1.807, 2.05) is 31.5 Å². The van der Waals surface area contributed by atoms with Crippen molar-refractivity contribution in [3.63, 3.8) is 0 Å². The average Bonchev–Trinajstić information content (AvgIpc) is 2.81. The molecule has 1 saturated heterocycles. The van der Waals surface area contributed by atoms with Crippen molar-refractivity contribution in [2.45, 2.75) is 44.9 Å². The molecule has 0 bridgehead atoms. The first-order valence-corrected chi connectivity index (χ1v) is 6.55. The second-order valence-electron chi connectivity index (χ2n) is 6.04. The predicted molar refractivity (Wildman–Crippen MR) is 71.4 cm³/mol. The van der Waals surface area contributed by atoms with Gasteiger partial charge in [0.15, 0.2) is 0 Å². The molecule has 6 heteroatoms. The number of nitrogens with zero attached hydrogens (tertiary/aromatic N) is 3. The van der Waals surface area contributed by atoms with Crippen LogP contribution < -0.4 is 5.73 Å². The number of rotatable bonds is 1. The molecule has 1 aromatic rings. The summed E-state index contributed by atoms with van der Waals surface area (Å²) in [5, 5.41) is 0. The van der Waals surface area contributed by atoms with Crippen LogP contribution in [0, 0.1) is 0 Å². The fourth-order valence-electron chi connectivity index (χ4n) is 2.18. The van der Waals surface area contributed by atoms with Crippen molar-refractivity contribution in [2.75, 3.05) is 13.1 Å². The lowest BCUT2D eigenvalue weighted by atomic mass is 9.98. The Labute approximate surface area is 113 Å². The highest BCUT2D eigenvalue weighted by atomic mass is 16.6. The van der Waals surface area contributed by atoms with Crippen LogP contribution in [0.1, 0.15) is 33.6 Å². The zero-order valence-electron chi connectivity index (χ0n) is 11.8. The van der Waals surface area contributed by atoms with E-state index in [0.29, 0.717) is 25.9 Å². The smallest absolute Gasteiger partial charge is 0.410 e. The molecule has 6 nitrogen and oxygen atoms in total. The number of hydrogen-bond donors (Lipinski definition) is 1. The van der Waals surface area contributed by atoms with Gasteiger partial charge in [-0.2, -0.15) is 0 Å². The summed E-state index contributed by atoms with van der Waals surface area (Å²) >= 11 is 0. The zero-order valence-corrected chi connectivity index (χ0v) is 11.8. The van der Waals surface area contributed by atoms with Crippen LogP contribution in [0.4, 0.5) is 4.79 Å². The van der Waals surface area contributed by atoms with Crippen LogP contribution >= 0.6 is 0 Å². The van der Waals surface area contributed by atoms with Gasteiger partial charge in [0.25, 0.3) is 0 Å². The molecule has 1 amide bonds. The van der Waals surface area contributed by atoms with Crippen LogP contribution in [0.15, 0.2) is 18.7 Å². The second kappa shape index (κ2) is 4.85. The highest BCUT2D eigenvalue weighted by Gasteiger charge is 2.35. The number of aromatic nitrogens is 2. The molecule has 0 radical (unpaired) electrons. The van der Waals surface area contributed by atoms with E-state index in [4.69, 9.17) is 10.5 Å². The summed E-state index contributed by atoms with van der Waals surface area (Å²) < 4.78 is 7.28. The SMILES string of the molecule is CC(C)(C)OC(=O)N1CCC(N)(n2ccnc2)CC1. The number of carbonyl (C=O) groups is 1. The Morgan fingerprint density at radius 1 is 1.37 bits per heavy atom. The van der Waals surface area contributed by atoms with Gasteiger partial charge in [0, 0.05) is 38.3 Å². The number of imidazole rings is 1. The van der Waals surface area contributed by atoms with E-state index in [-0.39, 0.29) is 6.09 Å². The first-order valence-electron chi connectivity index (χ1n) is 6.55. The van der Waals surface area contributed by atoms with Gasteiger partial charge < -0.3 is 19.9 Å². The summed E-state index contributed by atoms with van der Waals surface area (Å²) in [5.41, 5.74) is 5.45. The molecular formula is C13H22N4O2. The lowest BCUT2D eigenvalue weighted by molar-refractivity contribution is 0.0119. The van der Waals surface area contributed by atoms with E-state index in [1.165, 1.54) is 0 Å². The molecule has 1 aliphatic heterocycles. The van der Waals surface area contributed by atoms with Gasteiger partial charge in [-0.1, -0.05) is 0 Å². The van der Waals surface area contributed by atoms with Crippen molar-refractivity contribution >= 4 is 6.09 Å². The number of carbonyl (C=O) groups excluding carboxylic acids is 1. The maximum Gasteiger partial charge on any atom is 0.410 e. The number of ether oxygens (including phenoxy) is 1. The molecule has 1 fully saturated rings. The molecule has 2 rings (SSSR count). The first-order chi connectivity index (χ1) is 8.80. The third-order valence-corrected chi connectivity index (χ3v) is 3.30. The number of piperidine rings is 1. The Kier molecular flexibility index (Phi) is 3.54. The first kappa shape index (κ1) is 13.9. The molecular weight excluding hydrogens is 244 g/mol. The third-order valence-electron chi connectivity index (χ3n) is 3.30. The van der Waals surface area contributed by atoms with Crippen molar-refractivity contribution in [3.05, 3.63) is 18.7 Å². The Bertz CT molecular complexity index is 428. The molecule has 19 heavy (non-hydrogen) atoms. The van der Waals surface area contributed by atoms with Gasteiger partial charge in [0.2, 0.25) is 0 Å². The molecule has 1 aromatic heterocycles.